The Morgan fingerprint density at radius 2 is 1.47 bits per heavy atom. The summed E-state index contributed by atoms with van der Waals surface area (Å²) in [5.74, 6) is 2.80. The third-order valence-electron chi connectivity index (χ3n) is 4.60. The number of rotatable bonds is 6. The van der Waals surface area contributed by atoms with Crippen molar-refractivity contribution in [3.8, 4) is 34.4 Å². The first-order chi connectivity index (χ1) is 14.6. The SMILES string of the molecule is COc1ccc(/C=c2/sc3nnc(-c4ccc(OC)c(OC)c4)n3c2=O)cc1OC. The molecule has 0 fully saturated rings. The van der Waals surface area contributed by atoms with Gasteiger partial charge in [-0.15, -0.1) is 10.2 Å². The van der Waals surface area contributed by atoms with Crippen LogP contribution in [-0.2, 0) is 0 Å². The van der Waals surface area contributed by atoms with Crippen LogP contribution in [-0.4, -0.2) is 43.0 Å². The second kappa shape index (κ2) is 8.03. The highest BCUT2D eigenvalue weighted by molar-refractivity contribution is 7.15. The quantitative estimate of drug-likeness (QED) is 0.469. The molecule has 4 aromatic rings. The van der Waals surface area contributed by atoms with Crippen LogP contribution in [0.4, 0.5) is 0 Å². The summed E-state index contributed by atoms with van der Waals surface area (Å²) in [4.78, 5) is 13.6. The predicted molar refractivity (Wildman–Crippen MR) is 114 cm³/mol. The Morgan fingerprint density at radius 1 is 0.833 bits per heavy atom. The molecule has 154 valence electrons. The largest absolute Gasteiger partial charge is 0.493 e. The number of thiazole rings is 1. The fraction of sp³-hybridized carbons (Fsp3) is 0.190. The fourth-order valence-electron chi connectivity index (χ4n) is 3.12. The van der Waals surface area contributed by atoms with Crippen LogP contribution >= 0.6 is 11.3 Å². The van der Waals surface area contributed by atoms with Crippen LogP contribution in [0, 0.1) is 0 Å². The maximum absolute atomic E-state index is 13.1. The number of fused-ring (bicyclic) bond motifs is 1. The van der Waals surface area contributed by atoms with Gasteiger partial charge in [-0.25, -0.2) is 4.40 Å². The van der Waals surface area contributed by atoms with E-state index in [1.54, 1.807) is 52.7 Å². The van der Waals surface area contributed by atoms with Gasteiger partial charge in [-0.2, -0.15) is 0 Å². The molecule has 2 heterocycles. The van der Waals surface area contributed by atoms with Gasteiger partial charge in [-0.1, -0.05) is 17.4 Å². The van der Waals surface area contributed by atoms with E-state index in [-0.39, 0.29) is 5.56 Å². The Bertz CT molecular complexity index is 1330. The van der Waals surface area contributed by atoms with Crippen molar-refractivity contribution in [2.24, 2.45) is 0 Å². The van der Waals surface area contributed by atoms with Gasteiger partial charge < -0.3 is 18.9 Å². The second-order valence-corrected chi connectivity index (χ2v) is 7.25. The number of hydrogen-bond donors (Lipinski definition) is 0. The summed E-state index contributed by atoms with van der Waals surface area (Å²) in [6.07, 6.45) is 1.79. The lowest BCUT2D eigenvalue weighted by molar-refractivity contribution is 0.355. The Kier molecular flexibility index (Phi) is 5.28. The fourth-order valence-corrected chi connectivity index (χ4v) is 4.03. The van der Waals surface area contributed by atoms with Crippen molar-refractivity contribution >= 4 is 22.4 Å². The van der Waals surface area contributed by atoms with Gasteiger partial charge in [-0.3, -0.25) is 4.79 Å². The zero-order valence-corrected chi connectivity index (χ0v) is 17.6. The Hall–Kier alpha value is -3.59. The smallest absolute Gasteiger partial charge is 0.276 e. The number of hydrogen-bond acceptors (Lipinski definition) is 8. The van der Waals surface area contributed by atoms with Crippen molar-refractivity contribution in [3.05, 3.63) is 56.8 Å². The number of ether oxygens (including phenoxy) is 4. The summed E-state index contributed by atoms with van der Waals surface area (Å²) in [7, 11) is 6.27. The Labute approximate surface area is 175 Å². The number of aromatic nitrogens is 3. The highest BCUT2D eigenvalue weighted by Crippen LogP contribution is 2.31. The lowest BCUT2D eigenvalue weighted by Crippen LogP contribution is -2.23. The summed E-state index contributed by atoms with van der Waals surface area (Å²) < 4.78 is 23.3. The van der Waals surface area contributed by atoms with Gasteiger partial charge in [-0.05, 0) is 42.0 Å². The number of benzene rings is 2. The number of nitrogens with zero attached hydrogens (tertiary/aromatic N) is 3. The molecule has 0 bridgehead atoms. The lowest BCUT2D eigenvalue weighted by atomic mass is 10.2. The van der Waals surface area contributed by atoms with Crippen LogP contribution in [0.5, 0.6) is 23.0 Å². The zero-order valence-electron chi connectivity index (χ0n) is 16.8. The van der Waals surface area contributed by atoms with Crippen LogP contribution in [0.25, 0.3) is 22.4 Å². The molecule has 2 aromatic carbocycles. The van der Waals surface area contributed by atoms with Crippen molar-refractivity contribution in [1.29, 1.82) is 0 Å². The standard InChI is InChI=1S/C21H19N3O5S/c1-26-14-7-5-12(9-16(14)28-3)10-18-20(25)24-19(22-23-21(24)30-18)13-6-8-15(27-2)17(11-13)29-4/h5-11H,1-4H3/b18-10+. The molecule has 9 heteroatoms. The molecular formula is C21H19N3O5S. The molecule has 8 nitrogen and oxygen atoms in total. The molecule has 0 aliphatic rings. The van der Waals surface area contributed by atoms with E-state index in [0.717, 1.165) is 5.56 Å². The van der Waals surface area contributed by atoms with E-state index in [1.165, 1.54) is 15.7 Å². The van der Waals surface area contributed by atoms with Crippen LogP contribution in [0.15, 0.2) is 41.2 Å². The molecule has 0 spiro atoms. The third-order valence-corrected chi connectivity index (χ3v) is 5.55. The van der Waals surface area contributed by atoms with Gasteiger partial charge in [0.15, 0.2) is 28.8 Å². The van der Waals surface area contributed by atoms with Crippen molar-refractivity contribution < 1.29 is 18.9 Å². The molecule has 0 saturated carbocycles. The summed E-state index contributed by atoms with van der Waals surface area (Å²) >= 11 is 1.27. The van der Waals surface area contributed by atoms with E-state index >= 15 is 0 Å². The van der Waals surface area contributed by atoms with Gasteiger partial charge in [0.2, 0.25) is 4.96 Å². The highest BCUT2D eigenvalue weighted by atomic mass is 32.1. The molecule has 30 heavy (non-hydrogen) atoms. The average molecular weight is 425 g/mol. The van der Waals surface area contributed by atoms with Crippen LogP contribution in [0.3, 0.4) is 0 Å². The molecule has 0 radical (unpaired) electrons. The van der Waals surface area contributed by atoms with E-state index in [1.807, 2.05) is 18.2 Å². The molecule has 4 rings (SSSR count). The van der Waals surface area contributed by atoms with Crippen molar-refractivity contribution in [2.45, 2.75) is 0 Å². The van der Waals surface area contributed by atoms with Gasteiger partial charge in [0.1, 0.15) is 0 Å². The summed E-state index contributed by atoms with van der Waals surface area (Å²) in [6, 6.07) is 10.8. The highest BCUT2D eigenvalue weighted by Gasteiger charge is 2.16. The van der Waals surface area contributed by atoms with Crippen LogP contribution in [0.2, 0.25) is 0 Å². The van der Waals surface area contributed by atoms with E-state index in [0.29, 0.717) is 43.9 Å². The minimum absolute atomic E-state index is 0.195. The molecular weight excluding hydrogens is 406 g/mol. The van der Waals surface area contributed by atoms with Gasteiger partial charge in [0, 0.05) is 5.56 Å². The first kappa shape index (κ1) is 19.7. The summed E-state index contributed by atoms with van der Waals surface area (Å²) in [5.41, 5.74) is 1.32. The minimum Gasteiger partial charge on any atom is -0.493 e. The summed E-state index contributed by atoms with van der Waals surface area (Å²) in [5, 5.41) is 8.36. The van der Waals surface area contributed by atoms with Gasteiger partial charge >= 0.3 is 0 Å². The van der Waals surface area contributed by atoms with Gasteiger partial charge in [0.05, 0.1) is 33.0 Å². The van der Waals surface area contributed by atoms with Gasteiger partial charge in [0.25, 0.3) is 5.56 Å². The molecule has 0 amide bonds. The molecule has 0 atom stereocenters. The normalized spacial score (nSPS) is 11.7. The molecule has 0 N–H and O–H groups in total. The average Bonchev–Trinajstić information content (AvgIpc) is 3.33. The van der Waals surface area contributed by atoms with Crippen molar-refractivity contribution in [3.63, 3.8) is 0 Å². The molecule has 2 aromatic heterocycles. The Morgan fingerprint density at radius 3 is 2.13 bits per heavy atom. The zero-order chi connectivity index (χ0) is 21.3. The van der Waals surface area contributed by atoms with Crippen molar-refractivity contribution in [1.82, 2.24) is 14.6 Å². The minimum atomic E-state index is -0.195. The number of methoxy groups -OCH3 is 4. The third kappa shape index (κ3) is 3.33. The Balaban J connectivity index is 1.83. The van der Waals surface area contributed by atoms with E-state index < -0.39 is 0 Å². The van der Waals surface area contributed by atoms with E-state index in [2.05, 4.69) is 10.2 Å². The lowest BCUT2D eigenvalue weighted by Gasteiger charge is -2.08. The van der Waals surface area contributed by atoms with E-state index in [4.69, 9.17) is 18.9 Å². The molecule has 0 aliphatic heterocycles. The summed E-state index contributed by atoms with van der Waals surface area (Å²) in [6.45, 7) is 0. The van der Waals surface area contributed by atoms with Crippen LogP contribution < -0.4 is 29.0 Å². The topological polar surface area (TPSA) is 84.2 Å². The molecule has 0 aliphatic carbocycles. The molecule has 0 unspecified atom stereocenters. The predicted octanol–water partition coefficient (Wildman–Crippen LogP) is 2.40. The van der Waals surface area contributed by atoms with E-state index in [9.17, 15) is 4.79 Å². The van der Waals surface area contributed by atoms with Crippen molar-refractivity contribution in [2.75, 3.05) is 28.4 Å². The first-order valence-corrected chi connectivity index (χ1v) is 9.75. The monoisotopic (exact) mass is 425 g/mol. The maximum Gasteiger partial charge on any atom is 0.276 e. The maximum atomic E-state index is 13.1. The second-order valence-electron chi connectivity index (χ2n) is 6.24. The first-order valence-electron chi connectivity index (χ1n) is 8.93. The molecule has 0 saturated heterocycles. The van der Waals surface area contributed by atoms with Crippen LogP contribution in [0.1, 0.15) is 5.56 Å².